The number of hydrogen-bond donors (Lipinski definition) is 1. The predicted molar refractivity (Wildman–Crippen MR) is 114 cm³/mol. The van der Waals surface area contributed by atoms with E-state index in [1.165, 1.54) is 18.4 Å². The average Bonchev–Trinajstić information content (AvgIpc) is 3.36. The summed E-state index contributed by atoms with van der Waals surface area (Å²) in [5.41, 5.74) is 1.29. The normalized spacial score (nSPS) is 23.6. The second-order valence-electron chi connectivity index (χ2n) is 8.70. The smallest absolute Gasteiger partial charge is 0.239 e. The van der Waals surface area contributed by atoms with Gasteiger partial charge < -0.3 is 9.47 Å². The van der Waals surface area contributed by atoms with E-state index >= 15 is 0 Å². The van der Waals surface area contributed by atoms with E-state index in [1.54, 1.807) is 0 Å². The Morgan fingerprint density at radius 2 is 1.83 bits per heavy atom. The van der Waals surface area contributed by atoms with Crippen LogP contribution in [-0.4, -0.2) is 56.1 Å². The van der Waals surface area contributed by atoms with Crippen LogP contribution in [0.2, 0.25) is 0 Å². The SMILES string of the molecule is O=C(C1CCCN1Cc1ccccc1)N1CCC(c2n[nH]c(=S)n2C2CC2)CC1. The van der Waals surface area contributed by atoms with Gasteiger partial charge in [0.25, 0.3) is 0 Å². The molecule has 6 nitrogen and oxygen atoms in total. The number of piperidine rings is 1. The maximum absolute atomic E-state index is 13.3. The number of carbonyl (C=O) groups excluding carboxylic acids is 1. The zero-order chi connectivity index (χ0) is 19.8. The topological polar surface area (TPSA) is 57.2 Å². The molecule has 1 atom stereocenters. The van der Waals surface area contributed by atoms with E-state index in [4.69, 9.17) is 12.2 Å². The summed E-state index contributed by atoms with van der Waals surface area (Å²) in [5.74, 6) is 1.82. The Hall–Kier alpha value is -1.99. The van der Waals surface area contributed by atoms with Crippen molar-refractivity contribution in [1.82, 2.24) is 24.6 Å². The monoisotopic (exact) mass is 411 g/mol. The van der Waals surface area contributed by atoms with Gasteiger partial charge in [-0.1, -0.05) is 30.3 Å². The number of nitrogens with zero attached hydrogens (tertiary/aromatic N) is 4. The Morgan fingerprint density at radius 1 is 1.07 bits per heavy atom. The van der Waals surface area contributed by atoms with Gasteiger partial charge in [-0.25, -0.2) is 0 Å². The molecule has 1 amide bonds. The summed E-state index contributed by atoms with van der Waals surface area (Å²) in [5, 5.41) is 7.53. The summed E-state index contributed by atoms with van der Waals surface area (Å²) in [6.07, 6.45) is 6.45. The number of likely N-dealkylation sites (tertiary alicyclic amines) is 2. The maximum Gasteiger partial charge on any atom is 0.239 e. The highest BCUT2D eigenvalue weighted by Gasteiger charge is 2.37. The molecule has 0 spiro atoms. The fourth-order valence-corrected chi connectivity index (χ4v) is 5.26. The van der Waals surface area contributed by atoms with Crippen molar-refractivity contribution in [2.45, 2.75) is 63.1 Å². The van der Waals surface area contributed by atoms with Gasteiger partial charge in [-0.05, 0) is 62.9 Å². The van der Waals surface area contributed by atoms with Crippen LogP contribution in [0.15, 0.2) is 30.3 Å². The summed E-state index contributed by atoms with van der Waals surface area (Å²) >= 11 is 5.44. The minimum Gasteiger partial charge on any atom is -0.341 e. The molecule has 2 aromatic rings. The summed E-state index contributed by atoms with van der Waals surface area (Å²) in [4.78, 5) is 17.7. The first kappa shape index (κ1) is 19.0. The Bertz CT molecular complexity index is 911. The van der Waals surface area contributed by atoms with Crippen molar-refractivity contribution >= 4 is 18.1 Å². The van der Waals surface area contributed by atoms with Crippen LogP contribution in [0.1, 0.15) is 61.9 Å². The van der Waals surface area contributed by atoms with Crippen LogP contribution in [0.3, 0.4) is 0 Å². The van der Waals surface area contributed by atoms with Gasteiger partial charge in [0.05, 0.1) is 6.04 Å². The van der Waals surface area contributed by atoms with E-state index < -0.39 is 0 Å². The van der Waals surface area contributed by atoms with Crippen molar-refractivity contribution in [3.63, 3.8) is 0 Å². The molecule has 3 fully saturated rings. The molecule has 2 saturated heterocycles. The molecular formula is C22H29N5OS. The molecule has 3 heterocycles. The summed E-state index contributed by atoms with van der Waals surface area (Å²) in [6.45, 7) is 3.52. The lowest BCUT2D eigenvalue weighted by atomic mass is 9.95. The highest BCUT2D eigenvalue weighted by Crippen LogP contribution is 2.39. The number of carbonyl (C=O) groups is 1. The van der Waals surface area contributed by atoms with Crippen LogP contribution in [0.4, 0.5) is 0 Å². The first-order valence-electron chi connectivity index (χ1n) is 10.9. The maximum atomic E-state index is 13.3. The van der Waals surface area contributed by atoms with Crippen LogP contribution in [-0.2, 0) is 11.3 Å². The second-order valence-corrected chi connectivity index (χ2v) is 9.09. The number of aromatic nitrogens is 3. The quantitative estimate of drug-likeness (QED) is 0.763. The van der Waals surface area contributed by atoms with Gasteiger partial charge in [0.15, 0.2) is 4.77 Å². The van der Waals surface area contributed by atoms with Gasteiger partial charge in [0.2, 0.25) is 5.91 Å². The van der Waals surface area contributed by atoms with Crippen molar-refractivity contribution in [3.05, 3.63) is 46.5 Å². The molecule has 7 heteroatoms. The standard InChI is InChI=1S/C22H29N5OS/c28-21(19-7-4-12-26(19)15-16-5-2-1-3-6-16)25-13-10-17(11-14-25)20-23-24-22(29)27(20)18-8-9-18/h1-3,5-6,17-19H,4,7-15H2,(H,24,29). The van der Waals surface area contributed by atoms with Crippen LogP contribution in [0.25, 0.3) is 0 Å². The van der Waals surface area contributed by atoms with E-state index in [0.717, 1.165) is 62.5 Å². The fourth-order valence-electron chi connectivity index (χ4n) is 4.97. The lowest BCUT2D eigenvalue weighted by molar-refractivity contribution is -0.137. The first-order chi connectivity index (χ1) is 14.2. The van der Waals surface area contributed by atoms with Crippen molar-refractivity contribution in [3.8, 4) is 0 Å². The molecule has 1 aromatic carbocycles. The number of hydrogen-bond acceptors (Lipinski definition) is 4. The van der Waals surface area contributed by atoms with Crippen LogP contribution >= 0.6 is 12.2 Å². The molecular weight excluding hydrogens is 382 g/mol. The van der Waals surface area contributed by atoms with Gasteiger partial charge in [-0.2, -0.15) is 5.10 Å². The van der Waals surface area contributed by atoms with Gasteiger partial charge in [-0.15, -0.1) is 0 Å². The van der Waals surface area contributed by atoms with Gasteiger partial charge >= 0.3 is 0 Å². The third kappa shape index (κ3) is 3.90. The van der Waals surface area contributed by atoms with Crippen molar-refractivity contribution in [2.24, 2.45) is 0 Å². The number of benzene rings is 1. The number of aromatic amines is 1. The van der Waals surface area contributed by atoms with E-state index in [-0.39, 0.29) is 6.04 Å². The lowest BCUT2D eigenvalue weighted by Gasteiger charge is -2.35. The minimum atomic E-state index is 0.0350. The van der Waals surface area contributed by atoms with E-state index in [0.29, 0.717) is 17.9 Å². The summed E-state index contributed by atoms with van der Waals surface area (Å²) in [7, 11) is 0. The zero-order valence-electron chi connectivity index (χ0n) is 16.8. The summed E-state index contributed by atoms with van der Waals surface area (Å²) < 4.78 is 2.99. The molecule has 1 aromatic heterocycles. The molecule has 1 unspecified atom stereocenters. The Labute approximate surface area is 176 Å². The molecule has 1 saturated carbocycles. The Balaban J connectivity index is 1.21. The zero-order valence-corrected chi connectivity index (χ0v) is 17.6. The van der Waals surface area contributed by atoms with Crippen molar-refractivity contribution in [1.29, 1.82) is 0 Å². The van der Waals surface area contributed by atoms with Crippen LogP contribution in [0, 0.1) is 4.77 Å². The first-order valence-corrected chi connectivity index (χ1v) is 11.3. The summed E-state index contributed by atoms with van der Waals surface area (Å²) in [6, 6.07) is 11.1. The van der Waals surface area contributed by atoms with Crippen molar-refractivity contribution < 1.29 is 4.79 Å². The Morgan fingerprint density at radius 3 is 2.55 bits per heavy atom. The average molecular weight is 412 g/mol. The number of rotatable bonds is 5. The Kier molecular flexibility index (Phi) is 5.26. The number of amides is 1. The third-order valence-corrected chi connectivity index (χ3v) is 6.98. The molecule has 29 heavy (non-hydrogen) atoms. The van der Waals surface area contributed by atoms with Crippen LogP contribution < -0.4 is 0 Å². The highest BCUT2D eigenvalue weighted by atomic mass is 32.1. The van der Waals surface area contributed by atoms with E-state index in [2.05, 4.69) is 48.8 Å². The van der Waals surface area contributed by atoms with Crippen LogP contribution in [0.5, 0.6) is 0 Å². The van der Waals surface area contributed by atoms with Gasteiger partial charge in [0, 0.05) is 31.6 Å². The van der Waals surface area contributed by atoms with E-state index in [1.807, 2.05) is 6.07 Å². The largest absolute Gasteiger partial charge is 0.341 e. The van der Waals surface area contributed by atoms with Gasteiger partial charge in [0.1, 0.15) is 5.82 Å². The molecule has 1 N–H and O–H groups in total. The van der Waals surface area contributed by atoms with Gasteiger partial charge in [-0.3, -0.25) is 14.8 Å². The molecule has 1 aliphatic carbocycles. The highest BCUT2D eigenvalue weighted by molar-refractivity contribution is 7.71. The predicted octanol–water partition coefficient (Wildman–Crippen LogP) is 3.65. The minimum absolute atomic E-state index is 0.0350. The second kappa shape index (κ2) is 8.03. The lowest BCUT2D eigenvalue weighted by Crippen LogP contribution is -2.48. The molecule has 0 bridgehead atoms. The fraction of sp³-hybridized carbons (Fsp3) is 0.591. The molecule has 2 aliphatic heterocycles. The number of nitrogens with one attached hydrogen (secondary N) is 1. The number of H-pyrrole nitrogens is 1. The molecule has 5 rings (SSSR count). The third-order valence-electron chi connectivity index (χ3n) is 6.69. The molecule has 154 valence electrons. The molecule has 3 aliphatic rings. The molecule has 0 radical (unpaired) electrons. The van der Waals surface area contributed by atoms with E-state index in [9.17, 15) is 4.79 Å². The van der Waals surface area contributed by atoms with Crippen molar-refractivity contribution in [2.75, 3.05) is 19.6 Å².